The quantitative estimate of drug-likeness (QED) is 0.655. The maximum Gasteiger partial charge on any atom is 0.239 e. The van der Waals surface area contributed by atoms with Crippen molar-refractivity contribution in [2.45, 2.75) is 6.92 Å². The third-order valence-electron chi connectivity index (χ3n) is 2.56. The Morgan fingerprint density at radius 3 is 2.53 bits per heavy atom. The first kappa shape index (κ1) is 13.2. The van der Waals surface area contributed by atoms with Gasteiger partial charge in [-0.2, -0.15) is 4.98 Å². The van der Waals surface area contributed by atoms with E-state index in [1.807, 2.05) is 6.92 Å². The standard InChI is InChI=1S/C12H13F2N5/c1-2-19(9-5-3-8(13)4-6-9)11-10(14)7-16-12(17-11)18-15/h3-7H,2,15H2,1H3,(H,16,17,18). The molecule has 5 nitrogen and oxygen atoms in total. The van der Waals surface area contributed by atoms with Gasteiger partial charge in [-0.15, -0.1) is 0 Å². The molecule has 0 unspecified atom stereocenters. The summed E-state index contributed by atoms with van der Waals surface area (Å²) < 4.78 is 26.7. The van der Waals surface area contributed by atoms with Crippen molar-refractivity contribution in [2.75, 3.05) is 16.9 Å². The number of hydrogen-bond donors (Lipinski definition) is 2. The van der Waals surface area contributed by atoms with Crippen LogP contribution in [0.3, 0.4) is 0 Å². The van der Waals surface area contributed by atoms with Gasteiger partial charge in [0, 0.05) is 12.2 Å². The molecule has 0 aliphatic carbocycles. The van der Waals surface area contributed by atoms with Crippen LogP contribution in [0.4, 0.5) is 26.2 Å². The molecular weight excluding hydrogens is 252 g/mol. The Morgan fingerprint density at radius 1 is 1.26 bits per heavy atom. The molecule has 0 bridgehead atoms. The number of nitrogens with two attached hydrogens (primary N) is 1. The molecule has 1 aromatic heterocycles. The Morgan fingerprint density at radius 2 is 1.95 bits per heavy atom. The van der Waals surface area contributed by atoms with Crippen molar-refractivity contribution in [3.8, 4) is 0 Å². The van der Waals surface area contributed by atoms with E-state index in [0.29, 0.717) is 12.2 Å². The lowest BCUT2D eigenvalue weighted by atomic mass is 10.2. The van der Waals surface area contributed by atoms with Crippen molar-refractivity contribution in [3.05, 3.63) is 42.1 Å². The molecule has 100 valence electrons. The van der Waals surface area contributed by atoms with Crippen LogP contribution in [0.5, 0.6) is 0 Å². The molecular formula is C12H13F2N5. The summed E-state index contributed by atoms with van der Waals surface area (Å²) in [6, 6.07) is 5.71. The van der Waals surface area contributed by atoms with Gasteiger partial charge in [0.15, 0.2) is 11.6 Å². The van der Waals surface area contributed by atoms with Gasteiger partial charge in [0.25, 0.3) is 0 Å². The number of benzene rings is 1. The summed E-state index contributed by atoms with van der Waals surface area (Å²) in [6.45, 7) is 2.30. The number of anilines is 3. The maximum absolute atomic E-state index is 13.8. The monoisotopic (exact) mass is 265 g/mol. The summed E-state index contributed by atoms with van der Waals surface area (Å²) in [5.74, 6) is 4.46. The van der Waals surface area contributed by atoms with Crippen LogP contribution in [-0.4, -0.2) is 16.5 Å². The summed E-state index contributed by atoms with van der Waals surface area (Å²) in [6.07, 6.45) is 1.03. The van der Waals surface area contributed by atoms with E-state index in [0.717, 1.165) is 6.20 Å². The molecule has 0 fully saturated rings. The summed E-state index contributed by atoms with van der Waals surface area (Å²) in [5.41, 5.74) is 2.89. The molecule has 0 radical (unpaired) electrons. The van der Waals surface area contributed by atoms with Gasteiger partial charge in [-0.1, -0.05) is 0 Å². The predicted molar refractivity (Wildman–Crippen MR) is 68.9 cm³/mol. The second-order valence-corrected chi connectivity index (χ2v) is 3.73. The number of halogens is 2. The van der Waals surface area contributed by atoms with E-state index >= 15 is 0 Å². The van der Waals surface area contributed by atoms with Gasteiger partial charge in [-0.3, -0.25) is 5.43 Å². The second kappa shape index (κ2) is 5.57. The van der Waals surface area contributed by atoms with E-state index in [4.69, 9.17) is 5.84 Å². The van der Waals surface area contributed by atoms with Gasteiger partial charge in [-0.05, 0) is 31.2 Å². The fourth-order valence-electron chi connectivity index (χ4n) is 1.69. The predicted octanol–water partition coefficient (Wildman–Crippen LogP) is 2.20. The minimum atomic E-state index is -0.579. The summed E-state index contributed by atoms with van der Waals surface area (Å²) in [7, 11) is 0. The lowest BCUT2D eigenvalue weighted by molar-refractivity contribution is 0.611. The Labute approximate surface area is 109 Å². The van der Waals surface area contributed by atoms with Gasteiger partial charge in [-0.25, -0.2) is 19.6 Å². The van der Waals surface area contributed by atoms with Gasteiger partial charge in [0.1, 0.15) is 5.82 Å². The number of nitrogens with zero attached hydrogens (tertiary/aromatic N) is 3. The molecule has 2 rings (SSSR count). The van der Waals surface area contributed by atoms with Gasteiger partial charge in [0.05, 0.1) is 6.20 Å². The van der Waals surface area contributed by atoms with E-state index in [1.54, 1.807) is 17.0 Å². The summed E-state index contributed by atoms with van der Waals surface area (Å²) in [5, 5.41) is 0. The molecule has 19 heavy (non-hydrogen) atoms. The van der Waals surface area contributed by atoms with Gasteiger partial charge < -0.3 is 4.90 Å². The van der Waals surface area contributed by atoms with Crippen molar-refractivity contribution in [2.24, 2.45) is 5.84 Å². The topological polar surface area (TPSA) is 67.1 Å². The number of hydrazine groups is 1. The fraction of sp³-hybridized carbons (Fsp3) is 0.167. The van der Waals surface area contributed by atoms with E-state index in [2.05, 4.69) is 15.4 Å². The fourth-order valence-corrected chi connectivity index (χ4v) is 1.69. The Kier molecular flexibility index (Phi) is 3.86. The van der Waals surface area contributed by atoms with Crippen molar-refractivity contribution in [1.82, 2.24) is 9.97 Å². The van der Waals surface area contributed by atoms with E-state index < -0.39 is 5.82 Å². The lowest BCUT2D eigenvalue weighted by Crippen LogP contribution is -2.21. The number of nitrogen functional groups attached to an aromatic ring is 1. The van der Waals surface area contributed by atoms with Crippen LogP contribution >= 0.6 is 0 Å². The molecule has 1 heterocycles. The second-order valence-electron chi connectivity index (χ2n) is 3.73. The molecule has 2 aromatic rings. The highest BCUT2D eigenvalue weighted by atomic mass is 19.1. The van der Waals surface area contributed by atoms with Crippen molar-refractivity contribution in [1.29, 1.82) is 0 Å². The highest BCUT2D eigenvalue weighted by Gasteiger charge is 2.15. The van der Waals surface area contributed by atoms with E-state index in [1.165, 1.54) is 12.1 Å². The first-order valence-electron chi connectivity index (χ1n) is 5.68. The van der Waals surface area contributed by atoms with Crippen LogP contribution in [0.1, 0.15) is 6.92 Å². The zero-order chi connectivity index (χ0) is 13.8. The third-order valence-corrected chi connectivity index (χ3v) is 2.56. The first-order chi connectivity index (χ1) is 9.15. The zero-order valence-electron chi connectivity index (χ0n) is 10.3. The van der Waals surface area contributed by atoms with Crippen molar-refractivity contribution in [3.63, 3.8) is 0 Å². The molecule has 0 atom stereocenters. The maximum atomic E-state index is 13.8. The number of rotatable bonds is 4. The van der Waals surface area contributed by atoms with E-state index in [-0.39, 0.29) is 17.6 Å². The van der Waals surface area contributed by atoms with E-state index in [9.17, 15) is 8.78 Å². The molecule has 0 amide bonds. The third kappa shape index (κ3) is 2.76. The molecule has 0 saturated heterocycles. The number of hydrogen-bond acceptors (Lipinski definition) is 5. The average Bonchev–Trinajstić information content (AvgIpc) is 2.43. The molecule has 0 aliphatic rings. The zero-order valence-corrected chi connectivity index (χ0v) is 10.3. The Balaban J connectivity index is 2.44. The van der Waals surface area contributed by atoms with Crippen LogP contribution in [0.2, 0.25) is 0 Å². The highest BCUT2D eigenvalue weighted by Crippen LogP contribution is 2.26. The molecule has 0 spiro atoms. The highest BCUT2D eigenvalue weighted by molar-refractivity contribution is 5.60. The van der Waals surface area contributed by atoms with Gasteiger partial charge >= 0.3 is 0 Å². The molecule has 1 aromatic carbocycles. The molecule has 7 heteroatoms. The first-order valence-corrected chi connectivity index (χ1v) is 5.68. The Bertz CT molecular complexity index is 559. The smallest absolute Gasteiger partial charge is 0.239 e. The molecule has 3 N–H and O–H groups in total. The van der Waals surface area contributed by atoms with Crippen molar-refractivity contribution < 1.29 is 8.78 Å². The van der Waals surface area contributed by atoms with Gasteiger partial charge in [0.2, 0.25) is 5.95 Å². The summed E-state index contributed by atoms with van der Waals surface area (Å²) >= 11 is 0. The van der Waals surface area contributed by atoms with Crippen LogP contribution in [-0.2, 0) is 0 Å². The van der Waals surface area contributed by atoms with Crippen molar-refractivity contribution >= 4 is 17.5 Å². The van der Waals surface area contributed by atoms with Crippen LogP contribution < -0.4 is 16.2 Å². The summed E-state index contributed by atoms with van der Waals surface area (Å²) in [4.78, 5) is 9.24. The minimum Gasteiger partial charge on any atom is -0.324 e. The average molecular weight is 265 g/mol. The number of nitrogens with one attached hydrogen (secondary N) is 1. The Hall–Kier alpha value is -2.28. The molecule has 0 saturated carbocycles. The van der Waals surface area contributed by atoms with Crippen LogP contribution in [0.15, 0.2) is 30.5 Å². The molecule has 0 aliphatic heterocycles. The van der Waals surface area contributed by atoms with Crippen LogP contribution in [0.25, 0.3) is 0 Å². The minimum absolute atomic E-state index is 0.0806. The van der Waals surface area contributed by atoms with Crippen LogP contribution in [0, 0.1) is 11.6 Å². The SMILES string of the molecule is CCN(c1ccc(F)cc1)c1nc(NN)ncc1F. The lowest BCUT2D eigenvalue weighted by Gasteiger charge is -2.22. The normalized spacial score (nSPS) is 10.3. The largest absolute Gasteiger partial charge is 0.324 e. The number of aromatic nitrogens is 2.